The van der Waals surface area contributed by atoms with Gasteiger partial charge in [-0.15, -0.1) is 0 Å². The Labute approximate surface area is 266 Å². The summed E-state index contributed by atoms with van der Waals surface area (Å²) >= 11 is 0. The van der Waals surface area contributed by atoms with Crippen molar-refractivity contribution in [2.75, 3.05) is 6.61 Å². The summed E-state index contributed by atoms with van der Waals surface area (Å²) in [5, 5.41) is 39.3. The van der Waals surface area contributed by atoms with Crippen molar-refractivity contribution in [2.24, 2.45) is 0 Å². The lowest BCUT2D eigenvalue weighted by Gasteiger charge is -2.39. The predicted molar refractivity (Wildman–Crippen MR) is 170 cm³/mol. The Bertz CT molecular complexity index is 708. The summed E-state index contributed by atoms with van der Waals surface area (Å²) in [6.45, 7) is 3.84. The number of ether oxygens (including phenoxy) is 2. The first-order chi connectivity index (χ1) is 21.3. The van der Waals surface area contributed by atoms with Crippen molar-refractivity contribution in [3.8, 4) is 0 Å². The molecule has 0 spiro atoms. The minimum absolute atomic E-state index is 0.113. The molecular formula is C34H65NO9. The van der Waals surface area contributed by atoms with Crippen LogP contribution in [0.2, 0.25) is 0 Å². The highest BCUT2D eigenvalue weighted by Gasteiger charge is 2.44. The van der Waals surface area contributed by atoms with E-state index in [4.69, 9.17) is 14.3 Å². The molecule has 6 atom stereocenters. The van der Waals surface area contributed by atoms with Crippen molar-refractivity contribution in [1.82, 2.24) is 5.48 Å². The lowest BCUT2D eigenvalue weighted by molar-refractivity contribution is -0.313. The third kappa shape index (κ3) is 19.3. The van der Waals surface area contributed by atoms with Gasteiger partial charge in [0.25, 0.3) is 0 Å². The van der Waals surface area contributed by atoms with E-state index in [0.717, 1.165) is 38.5 Å². The monoisotopic (exact) mass is 631 g/mol. The van der Waals surface area contributed by atoms with Crippen LogP contribution in [0.5, 0.6) is 0 Å². The van der Waals surface area contributed by atoms with Gasteiger partial charge in [-0.3, -0.25) is 9.59 Å². The fourth-order valence-corrected chi connectivity index (χ4v) is 5.60. The van der Waals surface area contributed by atoms with Crippen molar-refractivity contribution in [3.05, 3.63) is 0 Å². The van der Waals surface area contributed by atoms with Gasteiger partial charge in [-0.2, -0.15) is 0 Å². The van der Waals surface area contributed by atoms with Gasteiger partial charge in [-0.05, 0) is 19.3 Å². The van der Waals surface area contributed by atoms with E-state index in [1.807, 2.05) is 0 Å². The van der Waals surface area contributed by atoms with E-state index in [2.05, 4.69) is 19.3 Å². The molecule has 0 radical (unpaired) electrons. The van der Waals surface area contributed by atoms with Gasteiger partial charge in [-0.25, -0.2) is 10.3 Å². The summed E-state index contributed by atoms with van der Waals surface area (Å²) in [6, 6.07) is 0. The van der Waals surface area contributed by atoms with Crippen LogP contribution >= 0.6 is 0 Å². The van der Waals surface area contributed by atoms with E-state index in [0.29, 0.717) is 12.8 Å². The Morgan fingerprint density at radius 2 is 1.16 bits per heavy atom. The molecule has 5 N–H and O–H groups in total. The van der Waals surface area contributed by atoms with Crippen LogP contribution in [-0.4, -0.2) is 75.7 Å². The van der Waals surface area contributed by atoms with Crippen molar-refractivity contribution < 1.29 is 44.3 Å². The fraction of sp³-hybridized carbons (Fsp3) is 0.941. The number of aliphatic hydroxyl groups excluding tert-OH is 4. The standard InChI is InChI=1S/C34H65NO9/c1-3-5-7-9-11-13-14-16-18-20-22-24-30(38)42-27(23-21-19-17-15-12-10-8-6-4-2)25-29(37)35-44-34-33(41)32(40)31(39)28(26-36)43-34/h27-28,31-34,36,39-41H,3-26H2,1-2H3,(H,35,37)/t27?,28-,31-,32+,33-,34+/m1/s1. The molecule has 44 heavy (non-hydrogen) atoms. The molecule has 1 unspecified atom stereocenters. The molecule has 1 aliphatic heterocycles. The first kappa shape index (κ1) is 40.7. The Hall–Kier alpha value is -1.30. The topological polar surface area (TPSA) is 155 Å². The Balaban J connectivity index is 2.42. The Kier molecular flexibility index (Phi) is 24.9. The highest BCUT2D eigenvalue weighted by atomic mass is 16.8. The number of hydroxylamine groups is 1. The number of aliphatic hydroxyl groups is 4. The summed E-state index contributed by atoms with van der Waals surface area (Å²) < 4.78 is 11.0. The van der Waals surface area contributed by atoms with E-state index in [-0.39, 0.29) is 12.4 Å². The largest absolute Gasteiger partial charge is 0.462 e. The number of esters is 1. The molecule has 1 fully saturated rings. The summed E-state index contributed by atoms with van der Waals surface area (Å²) in [7, 11) is 0. The molecule has 1 saturated heterocycles. The van der Waals surface area contributed by atoms with E-state index >= 15 is 0 Å². The highest BCUT2D eigenvalue weighted by Crippen LogP contribution is 2.22. The molecule has 260 valence electrons. The minimum Gasteiger partial charge on any atom is -0.462 e. The van der Waals surface area contributed by atoms with E-state index in [1.54, 1.807) is 0 Å². The van der Waals surface area contributed by atoms with E-state index < -0.39 is 49.3 Å². The molecule has 10 nitrogen and oxygen atoms in total. The van der Waals surface area contributed by atoms with Crippen LogP contribution < -0.4 is 5.48 Å². The van der Waals surface area contributed by atoms with Crippen LogP contribution in [-0.2, 0) is 23.9 Å². The summed E-state index contributed by atoms with van der Waals surface area (Å²) in [5.74, 6) is -0.866. The van der Waals surface area contributed by atoms with Gasteiger partial charge in [0, 0.05) is 6.42 Å². The van der Waals surface area contributed by atoms with Crippen molar-refractivity contribution >= 4 is 11.9 Å². The average Bonchev–Trinajstić information content (AvgIpc) is 3.01. The maximum Gasteiger partial charge on any atom is 0.306 e. The maximum atomic E-state index is 12.7. The van der Waals surface area contributed by atoms with Crippen molar-refractivity contribution in [3.63, 3.8) is 0 Å². The third-order valence-corrected chi connectivity index (χ3v) is 8.46. The number of hydrogen-bond acceptors (Lipinski definition) is 9. The normalized spacial score (nSPS) is 22.5. The van der Waals surface area contributed by atoms with Crippen LogP contribution in [0.4, 0.5) is 0 Å². The zero-order valence-electron chi connectivity index (χ0n) is 27.8. The molecule has 0 aromatic carbocycles. The molecule has 0 aliphatic carbocycles. The smallest absolute Gasteiger partial charge is 0.306 e. The second-order valence-corrected chi connectivity index (χ2v) is 12.6. The number of hydrogen-bond donors (Lipinski definition) is 5. The zero-order valence-corrected chi connectivity index (χ0v) is 27.8. The number of nitrogens with one attached hydrogen (secondary N) is 1. The van der Waals surface area contributed by atoms with Crippen molar-refractivity contribution in [1.29, 1.82) is 0 Å². The molecule has 1 heterocycles. The number of carbonyl (C=O) groups excluding carboxylic acids is 2. The molecule has 10 heteroatoms. The second-order valence-electron chi connectivity index (χ2n) is 12.6. The fourth-order valence-electron chi connectivity index (χ4n) is 5.60. The summed E-state index contributed by atoms with van der Waals surface area (Å²) in [5.41, 5.74) is 2.20. The summed E-state index contributed by atoms with van der Waals surface area (Å²) in [6.07, 6.45) is 16.4. The predicted octanol–water partition coefficient (Wildman–Crippen LogP) is 5.76. The van der Waals surface area contributed by atoms with Crippen LogP contribution in [0.15, 0.2) is 0 Å². The van der Waals surface area contributed by atoms with Crippen LogP contribution in [0.1, 0.15) is 162 Å². The molecule has 1 rings (SSSR count). The van der Waals surface area contributed by atoms with Gasteiger partial charge in [0.05, 0.1) is 13.0 Å². The lowest BCUT2D eigenvalue weighted by atomic mass is 9.99. The molecule has 0 saturated carbocycles. The lowest BCUT2D eigenvalue weighted by Crippen LogP contribution is -2.60. The quantitative estimate of drug-likeness (QED) is 0.0412. The first-order valence-electron chi connectivity index (χ1n) is 17.8. The zero-order chi connectivity index (χ0) is 32.4. The SMILES string of the molecule is CCCCCCCCCCCCCC(=O)OC(CCCCCCCCCCC)CC(=O)NO[C@@H]1O[C@H](CO)[C@@H](O)[C@H](O)[C@H]1O. The maximum absolute atomic E-state index is 12.7. The Morgan fingerprint density at radius 1 is 0.682 bits per heavy atom. The molecule has 1 amide bonds. The molecule has 0 bridgehead atoms. The number of carbonyl (C=O) groups is 2. The van der Waals surface area contributed by atoms with Gasteiger partial charge in [0.2, 0.25) is 12.2 Å². The summed E-state index contributed by atoms with van der Waals surface area (Å²) in [4.78, 5) is 30.5. The van der Waals surface area contributed by atoms with Gasteiger partial charge < -0.3 is 29.9 Å². The van der Waals surface area contributed by atoms with Gasteiger partial charge >= 0.3 is 5.97 Å². The van der Waals surface area contributed by atoms with E-state index in [1.165, 1.54) is 89.9 Å². The third-order valence-electron chi connectivity index (χ3n) is 8.46. The van der Waals surface area contributed by atoms with Gasteiger partial charge in [0.15, 0.2) is 0 Å². The van der Waals surface area contributed by atoms with E-state index in [9.17, 15) is 30.0 Å². The van der Waals surface area contributed by atoms with Crippen molar-refractivity contribution in [2.45, 2.75) is 198 Å². The molecular weight excluding hydrogens is 566 g/mol. The highest BCUT2D eigenvalue weighted by molar-refractivity contribution is 5.76. The molecule has 0 aromatic heterocycles. The van der Waals surface area contributed by atoms with Crippen LogP contribution in [0.25, 0.3) is 0 Å². The average molecular weight is 632 g/mol. The number of rotatable bonds is 28. The first-order valence-corrected chi connectivity index (χ1v) is 17.8. The van der Waals surface area contributed by atoms with Gasteiger partial charge in [-0.1, -0.05) is 129 Å². The second kappa shape index (κ2) is 26.9. The number of unbranched alkanes of at least 4 members (excludes halogenated alkanes) is 18. The van der Waals surface area contributed by atoms with Gasteiger partial charge in [0.1, 0.15) is 30.5 Å². The van der Waals surface area contributed by atoms with Crippen LogP contribution in [0, 0.1) is 0 Å². The molecule has 1 aliphatic rings. The number of amides is 1. The minimum atomic E-state index is -1.63. The van der Waals surface area contributed by atoms with Crippen LogP contribution in [0.3, 0.4) is 0 Å². The Morgan fingerprint density at radius 3 is 1.66 bits per heavy atom. The molecule has 0 aromatic rings.